The number of hydrogen-bond acceptors (Lipinski definition) is 4. The lowest BCUT2D eigenvalue weighted by atomic mass is 9.77. The van der Waals surface area contributed by atoms with Crippen molar-refractivity contribution < 1.29 is 23.9 Å². The summed E-state index contributed by atoms with van der Waals surface area (Å²) in [5.74, 6) is -0.517. The highest BCUT2D eigenvalue weighted by atomic mass is 28.4. The summed E-state index contributed by atoms with van der Waals surface area (Å²) in [5.41, 5.74) is 8.70. The van der Waals surface area contributed by atoms with Crippen molar-refractivity contribution >= 4 is 19.8 Å². The third-order valence-corrected chi connectivity index (χ3v) is 10.7. The summed E-state index contributed by atoms with van der Waals surface area (Å²) in [6, 6.07) is 9.52. The number of rotatable bonds is 8. The van der Waals surface area contributed by atoms with E-state index in [-0.39, 0.29) is 24.0 Å². The average Bonchev–Trinajstić information content (AvgIpc) is 2.64. The van der Waals surface area contributed by atoms with Crippen LogP contribution in [0.3, 0.4) is 0 Å². The minimum absolute atomic E-state index is 0.0370. The molecule has 0 unspecified atom stereocenters. The second-order valence-corrected chi connectivity index (χ2v) is 14.1. The van der Waals surface area contributed by atoms with Gasteiger partial charge in [-0.1, -0.05) is 57.5 Å². The van der Waals surface area contributed by atoms with Crippen LogP contribution >= 0.6 is 0 Å². The third-order valence-electron chi connectivity index (χ3n) is 6.17. The van der Waals surface area contributed by atoms with Crippen molar-refractivity contribution in [1.82, 2.24) is 0 Å². The Bertz CT molecular complexity index is 754. The molecule has 0 radical (unpaired) electrons. The number of ether oxygens (including phenoxy) is 1. The van der Waals surface area contributed by atoms with Gasteiger partial charge in [0.1, 0.15) is 6.61 Å². The highest BCUT2D eigenvalue weighted by Gasteiger charge is 2.55. The van der Waals surface area contributed by atoms with E-state index in [1.807, 2.05) is 30.3 Å². The van der Waals surface area contributed by atoms with Crippen molar-refractivity contribution in [3.63, 3.8) is 0 Å². The van der Waals surface area contributed by atoms with E-state index in [9.17, 15) is 15.4 Å². The summed E-state index contributed by atoms with van der Waals surface area (Å²) < 4.78 is 12.0. The highest BCUT2D eigenvalue weighted by molar-refractivity contribution is 6.74. The quantitative estimate of drug-likeness (QED) is 0.297. The molecule has 29 heavy (non-hydrogen) atoms. The molecule has 7 heteroatoms. The van der Waals surface area contributed by atoms with Crippen LogP contribution in [0.2, 0.25) is 18.1 Å². The largest absolute Gasteiger partial charge is 0.410 e. The fourth-order valence-corrected chi connectivity index (χ4v) is 4.75. The van der Waals surface area contributed by atoms with Crippen LogP contribution in [0.25, 0.3) is 5.53 Å². The van der Waals surface area contributed by atoms with Gasteiger partial charge in [-0.25, -0.2) is 0 Å². The zero-order valence-electron chi connectivity index (χ0n) is 18.3. The molecule has 0 heterocycles. The van der Waals surface area contributed by atoms with Crippen molar-refractivity contribution in [2.45, 2.75) is 82.9 Å². The van der Waals surface area contributed by atoms with E-state index in [1.54, 1.807) is 0 Å². The van der Waals surface area contributed by atoms with Crippen LogP contribution in [0.1, 0.15) is 52.0 Å². The highest BCUT2D eigenvalue weighted by Crippen LogP contribution is 2.41. The first-order chi connectivity index (χ1) is 13.5. The Labute approximate surface area is 175 Å². The molecule has 0 saturated heterocycles. The zero-order valence-corrected chi connectivity index (χ0v) is 19.3. The Morgan fingerprint density at radius 3 is 2.52 bits per heavy atom. The fraction of sp³-hybridized carbons (Fsp3) is 0.636. The molecule has 1 aromatic carbocycles. The zero-order chi connectivity index (χ0) is 21.7. The lowest BCUT2D eigenvalue weighted by Gasteiger charge is -2.44. The van der Waals surface area contributed by atoms with Crippen LogP contribution in [0.4, 0.5) is 0 Å². The monoisotopic (exact) mass is 418 g/mol. The third kappa shape index (κ3) is 5.71. The molecule has 1 saturated carbocycles. The van der Waals surface area contributed by atoms with Gasteiger partial charge in [0, 0.05) is 0 Å². The normalized spacial score (nSPS) is 22.8. The van der Waals surface area contributed by atoms with E-state index in [4.69, 9.17) is 9.16 Å². The standard InChI is InChI=1S/C22H34N2O4Si/c1-21(2,3)29(4,5)28-19-13-9-10-14-22(19,26)20(24-23)18(25)16-27-15-17-11-7-6-8-12-17/h6-8,11-12,19,26H,9-10,13-16H2,1-5H3/t19-,22+/m0/s1. The van der Waals surface area contributed by atoms with Gasteiger partial charge in [-0.3, -0.25) is 4.79 Å². The van der Waals surface area contributed by atoms with E-state index in [0.29, 0.717) is 12.8 Å². The molecule has 0 amide bonds. The number of aliphatic hydroxyl groups is 1. The maximum atomic E-state index is 12.8. The average molecular weight is 419 g/mol. The number of carbonyl (C=O) groups is 1. The van der Waals surface area contributed by atoms with E-state index < -0.39 is 25.8 Å². The van der Waals surface area contributed by atoms with E-state index in [0.717, 1.165) is 18.4 Å². The number of hydrogen-bond donors (Lipinski definition) is 1. The Morgan fingerprint density at radius 2 is 1.93 bits per heavy atom. The van der Waals surface area contributed by atoms with Crippen LogP contribution in [-0.2, 0) is 20.6 Å². The first-order valence-electron chi connectivity index (χ1n) is 10.3. The van der Waals surface area contributed by atoms with Gasteiger partial charge >= 0.3 is 5.71 Å². The Kier molecular flexibility index (Phi) is 7.71. The van der Waals surface area contributed by atoms with E-state index in [2.05, 4.69) is 38.7 Å². The number of nitrogens with zero attached hydrogens (tertiary/aromatic N) is 2. The maximum absolute atomic E-state index is 12.8. The fourth-order valence-electron chi connectivity index (χ4n) is 3.37. The van der Waals surface area contributed by atoms with Crippen molar-refractivity contribution in [2.24, 2.45) is 0 Å². The molecule has 6 nitrogen and oxygen atoms in total. The summed E-state index contributed by atoms with van der Waals surface area (Å²) in [6.45, 7) is 10.6. The predicted octanol–water partition coefficient (Wildman–Crippen LogP) is 4.14. The second-order valence-electron chi connectivity index (χ2n) is 9.39. The Balaban J connectivity index is 2.13. The van der Waals surface area contributed by atoms with Crippen molar-refractivity contribution in [3.8, 4) is 0 Å². The Morgan fingerprint density at radius 1 is 1.28 bits per heavy atom. The topological polar surface area (TPSA) is 92.2 Å². The molecular weight excluding hydrogens is 384 g/mol. The second kappa shape index (κ2) is 9.45. The lowest BCUT2D eigenvalue weighted by molar-refractivity contribution is -0.131. The SMILES string of the molecule is CC(C)(C)[Si](C)(C)O[C@H]1CCCC[C@]1(O)C(=[N+]=[N-])C(=O)COCc1ccccc1. The summed E-state index contributed by atoms with van der Waals surface area (Å²) in [4.78, 5) is 16.0. The molecule has 2 atom stereocenters. The Hall–Kier alpha value is -1.63. The lowest BCUT2D eigenvalue weighted by Crippen LogP contribution is -2.60. The van der Waals surface area contributed by atoms with Crippen molar-refractivity contribution in [1.29, 1.82) is 0 Å². The summed E-state index contributed by atoms with van der Waals surface area (Å²) in [6.07, 6.45) is 2.03. The molecule has 0 aliphatic heterocycles. The minimum atomic E-state index is -2.18. The van der Waals surface area contributed by atoms with Gasteiger partial charge in [0.05, 0.1) is 12.7 Å². The van der Waals surface area contributed by atoms with Crippen LogP contribution in [0.5, 0.6) is 0 Å². The first-order valence-corrected chi connectivity index (χ1v) is 13.2. The van der Waals surface area contributed by atoms with Gasteiger partial charge in [0.15, 0.2) is 13.9 Å². The smallest absolute Gasteiger partial charge is 0.370 e. The first kappa shape index (κ1) is 23.6. The van der Waals surface area contributed by atoms with E-state index in [1.165, 1.54) is 0 Å². The molecule has 1 fully saturated rings. The number of Topliss-reactive ketones (excluding diaryl/α,β-unsaturated/α-hetero) is 1. The molecule has 1 aromatic rings. The molecule has 160 valence electrons. The molecule has 1 aliphatic rings. The van der Waals surface area contributed by atoms with E-state index >= 15 is 0 Å². The van der Waals surface area contributed by atoms with Crippen molar-refractivity contribution in [2.75, 3.05) is 6.61 Å². The molecule has 0 spiro atoms. The summed E-state index contributed by atoms with van der Waals surface area (Å²) in [5, 5.41) is 11.4. The van der Waals surface area contributed by atoms with Crippen LogP contribution in [-0.4, -0.2) is 48.0 Å². The van der Waals surface area contributed by atoms with Gasteiger partial charge in [-0.15, -0.1) is 0 Å². The predicted molar refractivity (Wildman–Crippen MR) is 115 cm³/mol. The molecular formula is C22H34N2O4Si. The minimum Gasteiger partial charge on any atom is -0.410 e. The number of ketones is 1. The van der Waals surface area contributed by atoms with Crippen molar-refractivity contribution in [3.05, 3.63) is 41.4 Å². The maximum Gasteiger partial charge on any atom is 0.370 e. The number of benzene rings is 1. The molecule has 2 rings (SSSR count). The van der Waals surface area contributed by atoms with Gasteiger partial charge in [0.2, 0.25) is 0 Å². The van der Waals surface area contributed by atoms with Crippen LogP contribution < -0.4 is 0 Å². The van der Waals surface area contributed by atoms with Gasteiger partial charge in [0.25, 0.3) is 5.78 Å². The molecule has 1 aliphatic carbocycles. The number of carbonyl (C=O) groups excluding carboxylic acids is 1. The van der Waals surface area contributed by atoms with Gasteiger partial charge < -0.3 is 19.8 Å². The molecule has 0 aromatic heterocycles. The van der Waals surface area contributed by atoms with Gasteiger partial charge in [-0.2, -0.15) is 4.79 Å². The van der Waals surface area contributed by atoms with Gasteiger partial charge in [-0.05, 0) is 43.0 Å². The summed E-state index contributed by atoms with van der Waals surface area (Å²) >= 11 is 0. The molecule has 0 bridgehead atoms. The molecule has 1 N–H and O–H groups in total. The van der Waals surface area contributed by atoms with Crippen LogP contribution in [0.15, 0.2) is 30.3 Å². The summed E-state index contributed by atoms with van der Waals surface area (Å²) in [7, 11) is -2.18. The van der Waals surface area contributed by atoms with Crippen LogP contribution in [0, 0.1) is 0 Å².